The van der Waals surface area contributed by atoms with Crippen LogP contribution in [0.25, 0.3) is 0 Å². The summed E-state index contributed by atoms with van der Waals surface area (Å²) >= 11 is 0. The number of carbonyl (C=O) groups is 2. The lowest BCUT2D eigenvalue weighted by atomic mass is 9.71. The summed E-state index contributed by atoms with van der Waals surface area (Å²) in [5.41, 5.74) is 1.41. The number of rotatable bonds is 9. The first-order chi connectivity index (χ1) is 19.4. The van der Waals surface area contributed by atoms with Crippen LogP contribution in [0.3, 0.4) is 0 Å². The Morgan fingerprint density at radius 2 is 1.61 bits per heavy atom. The highest BCUT2D eigenvalue weighted by Gasteiger charge is 2.34. The molecule has 1 heterocycles. The predicted molar refractivity (Wildman–Crippen MR) is 143 cm³/mol. The van der Waals surface area contributed by atoms with E-state index in [0.29, 0.717) is 18.0 Å². The Hall–Kier alpha value is -4.16. The SMILES string of the molecule is CC(C)(C)C1CCC(N(Cc2ccc(C(=O)Nc3nn[nH]n3)cc2)C(=O)COc2ccc(OC(F)(F)F)cc2)CC1. The Balaban J connectivity index is 1.42. The van der Waals surface area contributed by atoms with Crippen LogP contribution in [0, 0.1) is 11.3 Å². The Kier molecular flexibility index (Phi) is 9.14. The lowest BCUT2D eigenvalue weighted by molar-refractivity contribution is -0.274. The van der Waals surface area contributed by atoms with Gasteiger partial charge in [-0.25, -0.2) is 0 Å². The molecule has 0 atom stereocenters. The van der Waals surface area contributed by atoms with Crippen LogP contribution in [0.5, 0.6) is 11.5 Å². The van der Waals surface area contributed by atoms with Crippen LogP contribution in [0.1, 0.15) is 62.4 Å². The number of amides is 2. The van der Waals surface area contributed by atoms with E-state index < -0.39 is 12.3 Å². The highest BCUT2D eigenvalue weighted by Crippen LogP contribution is 2.39. The van der Waals surface area contributed by atoms with Crippen LogP contribution in [0.4, 0.5) is 19.1 Å². The number of hydrogen-bond acceptors (Lipinski definition) is 7. The van der Waals surface area contributed by atoms with Gasteiger partial charge < -0.3 is 14.4 Å². The van der Waals surface area contributed by atoms with Gasteiger partial charge in [0.2, 0.25) is 0 Å². The molecule has 1 saturated carbocycles. The van der Waals surface area contributed by atoms with E-state index >= 15 is 0 Å². The maximum atomic E-state index is 13.4. The minimum Gasteiger partial charge on any atom is -0.484 e. The zero-order valence-electron chi connectivity index (χ0n) is 23.1. The van der Waals surface area contributed by atoms with E-state index in [-0.39, 0.29) is 41.4 Å². The Morgan fingerprint density at radius 3 is 2.17 bits per heavy atom. The first-order valence-electron chi connectivity index (χ1n) is 13.3. The summed E-state index contributed by atoms with van der Waals surface area (Å²) in [5.74, 6) is -0.139. The molecule has 4 rings (SSSR count). The van der Waals surface area contributed by atoms with Crippen molar-refractivity contribution in [3.8, 4) is 11.5 Å². The Morgan fingerprint density at radius 1 is 0.976 bits per heavy atom. The zero-order chi connectivity index (χ0) is 29.6. The van der Waals surface area contributed by atoms with Gasteiger partial charge in [0.1, 0.15) is 11.5 Å². The highest BCUT2D eigenvalue weighted by atomic mass is 19.4. The second-order valence-electron chi connectivity index (χ2n) is 11.1. The summed E-state index contributed by atoms with van der Waals surface area (Å²) in [6.45, 7) is 6.74. The average molecular weight is 575 g/mol. The van der Waals surface area contributed by atoms with Crippen LogP contribution >= 0.6 is 0 Å². The van der Waals surface area contributed by atoms with E-state index in [2.05, 4.69) is 51.4 Å². The molecule has 1 fully saturated rings. The predicted octanol–water partition coefficient (Wildman–Crippen LogP) is 5.36. The first-order valence-corrected chi connectivity index (χ1v) is 13.3. The topological polar surface area (TPSA) is 122 Å². The monoisotopic (exact) mass is 574 g/mol. The van der Waals surface area contributed by atoms with E-state index in [1.54, 1.807) is 29.2 Å². The number of tetrazole rings is 1. The normalized spacial score (nSPS) is 17.5. The summed E-state index contributed by atoms with van der Waals surface area (Å²) in [5, 5.41) is 15.6. The van der Waals surface area contributed by atoms with Crippen LogP contribution in [-0.4, -0.2) is 56.3 Å². The van der Waals surface area contributed by atoms with Crippen molar-refractivity contribution >= 4 is 17.8 Å². The van der Waals surface area contributed by atoms with E-state index in [1.165, 1.54) is 12.1 Å². The molecule has 0 spiro atoms. The fraction of sp³-hybridized carbons (Fsp3) is 0.464. The molecule has 2 aromatic carbocycles. The molecule has 0 radical (unpaired) electrons. The first kappa shape index (κ1) is 29.8. The van der Waals surface area contributed by atoms with Gasteiger partial charge in [0.25, 0.3) is 17.8 Å². The molecule has 3 aromatic rings. The molecule has 0 unspecified atom stereocenters. The number of alkyl halides is 3. The largest absolute Gasteiger partial charge is 0.573 e. The maximum Gasteiger partial charge on any atom is 0.573 e. The Bertz CT molecular complexity index is 1280. The van der Waals surface area contributed by atoms with E-state index in [0.717, 1.165) is 43.4 Å². The van der Waals surface area contributed by atoms with Crippen LogP contribution in [0.15, 0.2) is 48.5 Å². The van der Waals surface area contributed by atoms with Crippen LogP contribution in [-0.2, 0) is 11.3 Å². The van der Waals surface area contributed by atoms with Gasteiger partial charge in [-0.15, -0.1) is 18.3 Å². The summed E-state index contributed by atoms with van der Waals surface area (Å²) in [4.78, 5) is 27.7. The molecular formula is C28H33F3N6O4. The number of hydrogen-bond donors (Lipinski definition) is 2. The van der Waals surface area contributed by atoms with Crippen molar-refractivity contribution in [2.75, 3.05) is 11.9 Å². The second-order valence-corrected chi connectivity index (χ2v) is 11.1. The number of anilines is 1. The van der Waals surface area contributed by atoms with E-state index in [4.69, 9.17) is 4.74 Å². The zero-order valence-corrected chi connectivity index (χ0v) is 23.1. The van der Waals surface area contributed by atoms with E-state index in [1.807, 2.05) is 0 Å². The molecule has 1 aliphatic carbocycles. The number of halogens is 3. The van der Waals surface area contributed by atoms with Gasteiger partial charge in [-0.3, -0.25) is 14.9 Å². The third kappa shape index (κ3) is 8.66. The molecule has 1 aromatic heterocycles. The molecule has 10 nitrogen and oxygen atoms in total. The van der Waals surface area contributed by atoms with Crippen LogP contribution < -0.4 is 14.8 Å². The molecule has 2 N–H and O–H groups in total. The summed E-state index contributed by atoms with van der Waals surface area (Å²) in [6.07, 6.45) is -1.10. The molecule has 220 valence electrons. The van der Waals surface area contributed by atoms with Gasteiger partial charge in [0, 0.05) is 18.2 Å². The van der Waals surface area contributed by atoms with Crippen molar-refractivity contribution in [1.82, 2.24) is 25.5 Å². The minimum absolute atomic E-state index is 0.00785. The van der Waals surface area contributed by atoms with Gasteiger partial charge in [-0.05, 0) is 84.2 Å². The molecule has 0 saturated heterocycles. The number of aromatic amines is 1. The van der Waals surface area contributed by atoms with Gasteiger partial charge in [-0.2, -0.15) is 5.21 Å². The Labute approximate surface area is 235 Å². The summed E-state index contributed by atoms with van der Waals surface area (Å²) in [6, 6.07) is 11.8. The molecule has 2 amide bonds. The van der Waals surface area contributed by atoms with E-state index in [9.17, 15) is 22.8 Å². The summed E-state index contributed by atoms with van der Waals surface area (Å²) < 4.78 is 46.8. The van der Waals surface area contributed by atoms with Gasteiger partial charge in [0.15, 0.2) is 6.61 Å². The maximum absolute atomic E-state index is 13.4. The highest BCUT2D eigenvalue weighted by molar-refractivity contribution is 6.03. The van der Waals surface area contributed by atoms with Crippen molar-refractivity contribution in [3.63, 3.8) is 0 Å². The molecule has 0 aliphatic heterocycles. The quantitative estimate of drug-likeness (QED) is 0.353. The van der Waals surface area contributed by atoms with Crippen molar-refractivity contribution in [2.24, 2.45) is 11.3 Å². The number of aromatic nitrogens is 4. The van der Waals surface area contributed by atoms with Gasteiger partial charge in [0.05, 0.1) is 0 Å². The third-order valence-corrected chi connectivity index (χ3v) is 7.24. The standard InChI is InChI=1S/C28H33F3N6O4/c1-27(2,3)20-8-10-21(11-9-20)37(24(38)17-40-22-12-14-23(15-13-22)41-28(29,30)31)16-18-4-6-19(7-5-18)25(39)32-26-33-35-36-34-26/h4-7,12-15,20-21H,8-11,16-17H2,1-3H3,(H2,32,33,34,35,36,39). The van der Waals surface area contributed by atoms with Crippen molar-refractivity contribution in [2.45, 2.75) is 65.4 Å². The average Bonchev–Trinajstić information content (AvgIpc) is 3.43. The lowest BCUT2D eigenvalue weighted by Gasteiger charge is -2.41. The smallest absolute Gasteiger partial charge is 0.484 e. The number of carbonyl (C=O) groups excluding carboxylic acids is 2. The van der Waals surface area contributed by atoms with Crippen molar-refractivity contribution in [3.05, 3.63) is 59.7 Å². The van der Waals surface area contributed by atoms with Crippen LogP contribution in [0.2, 0.25) is 0 Å². The molecule has 13 heteroatoms. The minimum atomic E-state index is -4.79. The second kappa shape index (κ2) is 12.6. The van der Waals surface area contributed by atoms with Crippen molar-refractivity contribution < 1.29 is 32.2 Å². The molecule has 1 aliphatic rings. The number of H-pyrrole nitrogens is 1. The molecule has 41 heavy (non-hydrogen) atoms. The third-order valence-electron chi connectivity index (χ3n) is 7.24. The number of nitrogens with zero attached hydrogens (tertiary/aromatic N) is 4. The number of ether oxygens (including phenoxy) is 2. The summed E-state index contributed by atoms with van der Waals surface area (Å²) in [7, 11) is 0. The molecular weight excluding hydrogens is 541 g/mol. The molecule has 0 bridgehead atoms. The fourth-order valence-corrected chi connectivity index (χ4v) is 4.99. The van der Waals surface area contributed by atoms with Gasteiger partial charge >= 0.3 is 6.36 Å². The lowest BCUT2D eigenvalue weighted by Crippen LogP contribution is -2.45. The van der Waals surface area contributed by atoms with Crippen molar-refractivity contribution in [1.29, 1.82) is 0 Å². The number of benzene rings is 2. The number of nitrogens with one attached hydrogen (secondary N) is 2. The fourth-order valence-electron chi connectivity index (χ4n) is 4.99. The van der Waals surface area contributed by atoms with Gasteiger partial charge in [-0.1, -0.05) is 38.0 Å².